The van der Waals surface area contributed by atoms with Gasteiger partial charge in [-0.05, 0) is 55.0 Å². The van der Waals surface area contributed by atoms with Crippen LogP contribution in [0.15, 0.2) is 59.5 Å². The smallest absolute Gasteiger partial charge is 0.224 e. The van der Waals surface area contributed by atoms with Crippen LogP contribution < -0.4 is 5.32 Å². The Bertz CT molecular complexity index is 1190. The Hall–Kier alpha value is -2.73. The molecule has 0 radical (unpaired) electrons. The molecule has 0 aliphatic carbocycles. The second-order valence-electron chi connectivity index (χ2n) is 7.41. The zero-order valence-electron chi connectivity index (χ0n) is 15.9. The fourth-order valence-corrected chi connectivity index (χ4v) is 5.40. The average Bonchev–Trinajstić information content (AvgIpc) is 2.71. The first-order chi connectivity index (χ1) is 13.9. The number of hydrogen-bond donors (Lipinski definition) is 1. The number of anilines is 1. The minimum Gasteiger partial charge on any atom is -0.326 e. The van der Waals surface area contributed by atoms with Gasteiger partial charge in [0.25, 0.3) is 0 Å². The monoisotopic (exact) mass is 411 g/mol. The molecule has 1 N–H and O–H groups in total. The van der Waals surface area contributed by atoms with Gasteiger partial charge in [0.1, 0.15) is 5.82 Å². The molecule has 6 heteroatoms. The van der Waals surface area contributed by atoms with Gasteiger partial charge in [-0.3, -0.25) is 4.79 Å². The van der Waals surface area contributed by atoms with Crippen molar-refractivity contribution in [3.8, 4) is 0 Å². The first kappa shape index (κ1) is 19.6. The topological polar surface area (TPSA) is 63.2 Å². The highest BCUT2D eigenvalue weighted by molar-refractivity contribution is 7.91. The quantitative estimate of drug-likeness (QED) is 0.474. The zero-order chi connectivity index (χ0) is 20.4. The number of halogens is 1. The van der Waals surface area contributed by atoms with Crippen molar-refractivity contribution in [2.75, 3.05) is 11.1 Å². The Balaban J connectivity index is 1.42. The fraction of sp³-hybridized carbons (Fsp3) is 0.261. The lowest BCUT2D eigenvalue weighted by Gasteiger charge is -2.17. The number of benzene rings is 3. The van der Waals surface area contributed by atoms with Crippen molar-refractivity contribution in [1.29, 1.82) is 0 Å². The first-order valence-electron chi connectivity index (χ1n) is 9.76. The number of nitrogens with one attached hydrogen (secondary N) is 1. The maximum Gasteiger partial charge on any atom is 0.224 e. The molecule has 4 nitrogen and oxygen atoms in total. The lowest BCUT2D eigenvalue weighted by molar-refractivity contribution is -0.116. The van der Waals surface area contributed by atoms with E-state index < -0.39 is 15.7 Å². The molecule has 1 aliphatic rings. The molecule has 3 aromatic carbocycles. The number of fused-ring (bicyclic) bond motifs is 2. The predicted molar refractivity (Wildman–Crippen MR) is 112 cm³/mol. The van der Waals surface area contributed by atoms with Crippen LogP contribution in [0.1, 0.15) is 30.4 Å². The second-order valence-corrected chi connectivity index (χ2v) is 9.48. The van der Waals surface area contributed by atoms with Gasteiger partial charge < -0.3 is 5.32 Å². The van der Waals surface area contributed by atoms with Gasteiger partial charge in [0.2, 0.25) is 5.91 Å². The van der Waals surface area contributed by atoms with E-state index in [4.69, 9.17) is 0 Å². The maximum atomic E-state index is 14.0. The molecule has 1 amide bonds. The minimum atomic E-state index is -3.50. The summed E-state index contributed by atoms with van der Waals surface area (Å²) in [5.41, 5.74) is 3.08. The normalized spacial score (nSPS) is 13.9. The summed E-state index contributed by atoms with van der Waals surface area (Å²) in [6.07, 6.45) is 3.24. The van der Waals surface area contributed by atoms with Crippen LogP contribution in [-0.2, 0) is 27.5 Å². The van der Waals surface area contributed by atoms with Crippen molar-refractivity contribution in [2.24, 2.45) is 0 Å². The van der Waals surface area contributed by atoms with Crippen molar-refractivity contribution >= 4 is 32.2 Å². The van der Waals surface area contributed by atoms with Gasteiger partial charge in [-0.15, -0.1) is 0 Å². The van der Waals surface area contributed by atoms with Crippen LogP contribution >= 0.6 is 0 Å². The third-order valence-electron chi connectivity index (χ3n) is 5.36. The number of unbranched alkanes of at least 4 members (excludes halogenated alkanes) is 1. The Morgan fingerprint density at radius 1 is 0.931 bits per heavy atom. The largest absolute Gasteiger partial charge is 0.326 e. The summed E-state index contributed by atoms with van der Waals surface area (Å²) >= 11 is 0. The standard InChI is InChI=1S/C23H22FNO3S/c24-20-11-12-22(19-7-2-1-6-18(19)20)29(27,28)14-4-3-5-16-8-9-17-10-13-23(26)25-21(17)15-16/h1-2,6-9,11-12,15H,3-5,10,13-14H2,(H,25,26). The van der Waals surface area contributed by atoms with E-state index in [1.54, 1.807) is 24.3 Å². The minimum absolute atomic E-state index is 0.0182. The highest BCUT2D eigenvalue weighted by atomic mass is 32.2. The first-order valence-corrected chi connectivity index (χ1v) is 11.4. The van der Waals surface area contributed by atoms with Gasteiger partial charge in [-0.25, -0.2) is 12.8 Å². The van der Waals surface area contributed by atoms with E-state index >= 15 is 0 Å². The highest BCUT2D eigenvalue weighted by Crippen LogP contribution is 2.27. The molecular weight excluding hydrogens is 389 g/mol. The molecule has 0 bridgehead atoms. The van der Waals surface area contributed by atoms with E-state index in [-0.39, 0.29) is 16.6 Å². The molecule has 1 heterocycles. The molecule has 1 aliphatic heterocycles. The Morgan fingerprint density at radius 3 is 2.55 bits per heavy atom. The van der Waals surface area contributed by atoms with Crippen LogP contribution in [0.4, 0.5) is 10.1 Å². The number of carbonyl (C=O) groups is 1. The summed E-state index contributed by atoms with van der Waals surface area (Å²) in [7, 11) is -3.50. The zero-order valence-corrected chi connectivity index (χ0v) is 16.8. The van der Waals surface area contributed by atoms with Crippen molar-refractivity contribution in [3.05, 3.63) is 71.5 Å². The van der Waals surface area contributed by atoms with E-state index in [9.17, 15) is 17.6 Å². The van der Waals surface area contributed by atoms with Crippen LogP contribution in [0.25, 0.3) is 10.8 Å². The summed E-state index contributed by atoms with van der Waals surface area (Å²) < 4.78 is 39.6. The molecular formula is C23H22FNO3S. The van der Waals surface area contributed by atoms with Gasteiger partial charge in [0.05, 0.1) is 10.6 Å². The Kier molecular flexibility index (Phi) is 5.37. The predicted octanol–water partition coefficient (Wildman–Crippen LogP) is 4.66. The number of sulfone groups is 1. The van der Waals surface area contributed by atoms with Gasteiger partial charge in [-0.1, -0.05) is 36.4 Å². The number of carbonyl (C=O) groups excluding carboxylic acids is 1. The van der Waals surface area contributed by atoms with E-state index in [2.05, 4.69) is 5.32 Å². The van der Waals surface area contributed by atoms with Crippen molar-refractivity contribution in [2.45, 2.75) is 37.0 Å². The van der Waals surface area contributed by atoms with Gasteiger partial charge in [0, 0.05) is 22.9 Å². The van der Waals surface area contributed by atoms with Crippen LogP contribution in [0.3, 0.4) is 0 Å². The number of rotatable bonds is 6. The highest BCUT2D eigenvalue weighted by Gasteiger charge is 2.19. The van der Waals surface area contributed by atoms with E-state index in [1.165, 1.54) is 12.1 Å². The van der Waals surface area contributed by atoms with Crippen LogP contribution in [-0.4, -0.2) is 20.1 Å². The summed E-state index contributed by atoms with van der Waals surface area (Å²) in [5.74, 6) is -0.365. The van der Waals surface area contributed by atoms with E-state index in [0.29, 0.717) is 30.0 Å². The lowest BCUT2D eigenvalue weighted by atomic mass is 9.99. The Morgan fingerprint density at radius 2 is 1.72 bits per heavy atom. The average molecular weight is 411 g/mol. The molecule has 0 spiro atoms. The molecule has 150 valence electrons. The fourth-order valence-electron chi connectivity index (χ4n) is 3.81. The number of amides is 1. The molecule has 3 aromatic rings. The summed E-state index contributed by atoms with van der Waals surface area (Å²) in [6.45, 7) is 0. The van der Waals surface area contributed by atoms with Gasteiger partial charge in [-0.2, -0.15) is 0 Å². The molecule has 0 fully saturated rings. The van der Waals surface area contributed by atoms with Crippen LogP contribution in [0.2, 0.25) is 0 Å². The lowest BCUT2D eigenvalue weighted by Crippen LogP contribution is -2.19. The molecule has 0 unspecified atom stereocenters. The summed E-state index contributed by atoms with van der Waals surface area (Å²) in [6, 6.07) is 15.3. The molecule has 0 aromatic heterocycles. The van der Waals surface area contributed by atoms with Crippen LogP contribution in [0.5, 0.6) is 0 Å². The molecule has 29 heavy (non-hydrogen) atoms. The SMILES string of the molecule is O=C1CCc2ccc(CCCCS(=O)(=O)c3ccc(F)c4ccccc34)cc2N1. The van der Waals surface area contributed by atoms with Gasteiger partial charge >= 0.3 is 0 Å². The molecule has 4 rings (SSSR count). The van der Waals surface area contributed by atoms with Crippen molar-refractivity contribution in [1.82, 2.24) is 0 Å². The van der Waals surface area contributed by atoms with E-state index in [0.717, 1.165) is 29.7 Å². The number of hydrogen-bond acceptors (Lipinski definition) is 3. The summed E-state index contributed by atoms with van der Waals surface area (Å²) in [4.78, 5) is 11.7. The Labute approximate surface area is 169 Å². The molecule has 0 saturated heterocycles. The third-order valence-corrected chi connectivity index (χ3v) is 7.22. The number of aryl methyl sites for hydroxylation is 2. The van der Waals surface area contributed by atoms with Gasteiger partial charge in [0.15, 0.2) is 9.84 Å². The summed E-state index contributed by atoms with van der Waals surface area (Å²) in [5, 5.41) is 3.64. The maximum absolute atomic E-state index is 14.0. The third kappa shape index (κ3) is 4.17. The molecule has 0 atom stereocenters. The van der Waals surface area contributed by atoms with Crippen molar-refractivity contribution < 1.29 is 17.6 Å². The molecule has 0 saturated carbocycles. The van der Waals surface area contributed by atoms with Crippen molar-refractivity contribution in [3.63, 3.8) is 0 Å². The van der Waals surface area contributed by atoms with E-state index in [1.807, 2.05) is 18.2 Å². The second kappa shape index (κ2) is 7.95. The van der Waals surface area contributed by atoms with Crippen LogP contribution in [0, 0.1) is 5.82 Å².